The third-order valence-electron chi connectivity index (χ3n) is 2.50. The summed E-state index contributed by atoms with van der Waals surface area (Å²) in [6, 6.07) is 1.89. The Morgan fingerprint density at radius 3 is 2.55 bits per heavy atom. The Balaban J connectivity index is 3.15. The van der Waals surface area contributed by atoms with Crippen molar-refractivity contribution in [2.75, 3.05) is 13.7 Å². The smallest absolute Gasteiger partial charge is 0.338 e. The second-order valence-electron chi connectivity index (χ2n) is 4.19. The molecule has 1 unspecified atom stereocenters. The van der Waals surface area contributed by atoms with E-state index in [-0.39, 0.29) is 17.7 Å². The van der Waals surface area contributed by atoms with E-state index in [1.54, 1.807) is 6.92 Å². The van der Waals surface area contributed by atoms with E-state index in [1.165, 1.54) is 14.0 Å². The van der Waals surface area contributed by atoms with Crippen LogP contribution in [0, 0.1) is 12.7 Å². The highest BCUT2D eigenvalue weighted by Gasteiger charge is 2.21. The molecular formula is C12H14ClFO5S. The molecule has 1 aromatic rings. The summed E-state index contributed by atoms with van der Waals surface area (Å²) < 4.78 is 46.1. The van der Waals surface area contributed by atoms with Crippen LogP contribution >= 0.6 is 10.7 Å². The van der Waals surface area contributed by atoms with Crippen LogP contribution in [-0.2, 0) is 18.5 Å². The van der Waals surface area contributed by atoms with Gasteiger partial charge in [-0.3, -0.25) is 0 Å². The molecule has 112 valence electrons. The first kappa shape index (κ1) is 16.9. The lowest BCUT2D eigenvalue weighted by molar-refractivity contribution is 0.0119. The van der Waals surface area contributed by atoms with Crippen molar-refractivity contribution in [1.29, 1.82) is 0 Å². The third-order valence-corrected chi connectivity index (χ3v) is 3.95. The number of hydrogen-bond acceptors (Lipinski definition) is 5. The van der Waals surface area contributed by atoms with Gasteiger partial charge in [0.05, 0.1) is 17.1 Å². The molecule has 0 saturated heterocycles. The van der Waals surface area contributed by atoms with E-state index in [1.807, 2.05) is 0 Å². The van der Waals surface area contributed by atoms with E-state index in [9.17, 15) is 17.6 Å². The number of carbonyl (C=O) groups is 1. The minimum absolute atomic E-state index is 0.151. The number of esters is 1. The molecule has 5 nitrogen and oxygen atoms in total. The second-order valence-corrected chi connectivity index (χ2v) is 6.72. The van der Waals surface area contributed by atoms with Crippen molar-refractivity contribution in [2.45, 2.75) is 24.8 Å². The van der Waals surface area contributed by atoms with E-state index in [4.69, 9.17) is 20.2 Å². The van der Waals surface area contributed by atoms with Crippen molar-refractivity contribution in [3.63, 3.8) is 0 Å². The van der Waals surface area contributed by atoms with E-state index >= 15 is 0 Å². The van der Waals surface area contributed by atoms with Crippen molar-refractivity contribution < 1.29 is 27.1 Å². The predicted molar refractivity (Wildman–Crippen MR) is 70.9 cm³/mol. The third kappa shape index (κ3) is 4.16. The van der Waals surface area contributed by atoms with Crippen LogP contribution in [0.5, 0.6) is 0 Å². The zero-order valence-electron chi connectivity index (χ0n) is 11.1. The number of methoxy groups -OCH3 is 1. The Labute approximate surface area is 121 Å². The molecule has 0 bridgehead atoms. The topological polar surface area (TPSA) is 69.7 Å². The average molecular weight is 325 g/mol. The van der Waals surface area contributed by atoms with Crippen LogP contribution in [0.25, 0.3) is 0 Å². The maximum Gasteiger partial charge on any atom is 0.338 e. The molecule has 0 saturated carbocycles. The Bertz CT molecular complexity index is 615. The van der Waals surface area contributed by atoms with Gasteiger partial charge in [-0.15, -0.1) is 0 Å². The maximum atomic E-state index is 13.7. The molecule has 0 amide bonds. The zero-order valence-corrected chi connectivity index (χ0v) is 12.7. The highest BCUT2D eigenvalue weighted by Crippen LogP contribution is 2.24. The molecule has 20 heavy (non-hydrogen) atoms. The van der Waals surface area contributed by atoms with E-state index in [0.717, 1.165) is 12.1 Å². The minimum atomic E-state index is -4.15. The van der Waals surface area contributed by atoms with Crippen LogP contribution in [0.2, 0.25) is 0 Å². The van der Waals surface area contributed by atoms with Gasteiger partial charge in [0.1, 0.15) is 11.9 Å². The van der Waals surface area contributed by atoms with E-state index in [2.05, 4.69) is 0 Å². The molecule has 0 radical (unpaired) electrons. The van der Waals surface area contributed by atoms with Crippen molar-refractivity contribution >= 4 is 25.7 Å². The SMILES string of the molecule is COCC(C)OC(=O)c1cc(F)c(C)c(S(=O)(=O)Cl)c1. The number of benzene rings is 1. The fourth-order valence-electron chi connectivity index (χ4n) is 1.54. The lowest BCUT2D eigenvalue weighted by atomic mass is 10.1. The summed E-state index contributed by atoms with van der Waals surface area (Å²) in [6.07, 6.45) is -0.548. The summed E-state index contributed by atoms with van der Waals surface area (Å²) in [7, 11) is 2.49. The van der Waals surface area contributed by atoms with Crippen molar-refractivity contribution in [1.82, 2.24) is 0 Å². The normalized spacial score (nSPS) is 13.1. The van der Waals surface area contributed by atoms with Gasteiger partial charge in [0.2, 0.25) is 0 Å². The van der Waals surface area contributed by atoms with Gasteiger partial charge >= 0.3 is 5.97 Å². The molecule has 0 aromatic heterocycles. The molecule has 0 N–H and O–H groups in total. The Morgan fingerprint density at radius 1 is 1.45 bits per heavy atom. The fourth-order valence-corrected chi connectivity index (χ4v) is 2.76. The van der Waals surface area contributed by atoms with Crippen LogP contribution < -0.4 is 0 Å². The molecule has 8 heteroatoms. The summed E-state index contributed by atoms with van der Waals surface area (Å²) >= 11 is 0. The fraction of sp³-hybridized carbons (Fsp3) is 0.417. The largest absolute Gasteiger partial charge is 0.457 e. The van der Waals surface area contributed by atoms with Gasteiger partial charge in [-0.1, -0.05) is 0 Å². The molecule has 1 atom stereocenters. The first-order chi connectivity index (χ1) is 9.16. The first-order valence-electron chi connectivity index (χ1n) is 5.61. The molecule has 0 aliphatic carbocycles. The number of ether oxygens (including phenoxy) is 2. The maximum absolute atomic E-state index is 13.7. The predicted octanol–water partition coefficient (Wildman–Crippen LogP) is 2.25. The van der Waals surface area contributed by atoms with Gasteiger partial charge in [-0.2, -0.15) is 0 Å². The van der Waals surface area contributed by atoms with Crippen LogP contribution in [0.1, 0.15) is 22.8 Å². The number of rotatable bonds is 5. The Kier molecular flexibility index (Phi) is 5.50. The van der Waals surface area contributed by atoms with Crippen molar-refractivity contribution in [3.05, 3.63) is 29.1 Å². The van der Waals surface area contributed by atoms with Crippen molar-refractivity contribution in [3.8, 4) is 0 Å². The van der Waals surface area contributed by atoms with Crippen LogP contribution in [-0.4, -0.2) is 34.2 Å². The highest BCUT2D eigenvalue weighted by molar-refractivity contribution is 8.13. The monoisotopic (exact) mass is 324 g/mol. The molecule has 1 aromatic carbocycles. The lowest BCUT2D eigenvalue weighted by Gasteiger charge is -2.13. The molecule has 0 spiro atoms. The zero-order chi connectivity index (χ0) is 15.5. The van der Waals surface area contributed by atoms with Gasteiger partial charge in [0.15, 0.2) is 0 Å². The van der Waals surface area contributed by atoms with Gasteiger partial charge in [-0.05, 0) is 26.0 Å². The number of halogens is 2. The summed E-state index contributed by atoms with van der Waals surface area (Å²) in [4.78, 5) is 11.3. The van der Waals surface area contributed by atoms with Crippen LogP contribution in [0.4, 0.5) is 4.39 Å². The van der Waals surface area contributed by atoms with E-state index < -0.39 is 31.8 Å². The van der Waals surface area contributed by atoms with Gasteiger partial charge in [0, 0.05) is 23.4 Å². The summed E-state index contributed by atoms with van der Waals surface area (Å²) in [5.74, 6) is -1.70. The van der Waals surface area contributed by atoms with Gasteiger partial charge < -0.3 is 9.47 Å². The molecule has 0 aliphatic heterocycles. The van der Waals surface area contributed by atoms with Crippen molar-refractivity contribution in [2.24, 2.45) is 0 Å². The van der Waals surface area contributed by atoms with E-state index in [0.29, 0.717) is 0 Å². The molecule has 1 rings (SSSR count). The van der Waals surface area contributed by atoms with Gasteiger partial charge in [0.25, 0.3) is 9.05 Å². The van der Waals surface area contributed by atoms with Gasteiger partial charge in [-0.25, -0.2) is 17.6 Å². The molecule has 0 heterocycles. The molecule has 0 fully saturated rings. The summed E-state index contributed by atoms with van der Waals surface area (Å²) in [6.45, 7) is 3.01. The summed E-state index contributed by atoms with van der Waals surface area (Å²) in [5, 5.41) is 0. The van der Waals surface area contributed by atoms with Crippen LogP contribution in [0.3, 0.4) is 0 Å². The first-order valence-corrected chi connectivity index (χ1v) is 7.92. The molecular weight excluding hydrogens is 311 g/mol. The summed E-state index contributed by atoms with van der Waals surface area (Å²) in [5.41, 5.74) is -0.378. The number of carbonyl (C=O) groups excluding carboxylic acids is 1. The van der Waals surface area contributed by atoms with Crippen LogP contribution in [0.15, 0.2) is 17.0 Å². The Morgan fingerprint density at radius 2 is 2.05 bits per heavy atom. The highest BCUT2D eigenvalue weighted by atomic mass is 35.7. The quantitative estimate of drug-likeness (QED) is 0.613. The number of hydrogen-bond donors (Lipinski definition) is 0. The standard InChI is InChI=1S/C12H14ClFO5S/c1-7(6-18-3)19-12(15)9-4-10(14)8(2)11(5-9)20(13,16)17/h4-5,7H,6H2,1-3H3. The minimum Gasteiger partial charge on any atom is -0.457 e. The average Bonchev–Trinajstić information content (AvgIpc) is 2.30. The second kappa shape index (κ2) is 6.51. The lowest BCUT2D eigenvalue weighted by Crippen LogP contribution is -2.20. The molecule has 0 aliphatic rings. The Hall–Kier alpha value is -1.18.